The van der Waals surface area contributed by atoms with Crippen molar-refractivity contribution in [2.75, 3.05) is 18.8 Å². The summed E-state index contributed by atoms with van der Waals surface area (Å²) in [5, 5.41) is 8.78. The highest BCUT2D eigenvalue weighted by molar-refractivity contribution is 8.14. The predicted molar refractivity (Wildman–Crippen MR) is 60.8 cm³/mol. The number of rotatable bonds is 3. The minimum atomic E-state index is 0.978. The van der Waals surface area contributed by atoms with Gasteiger partial charge in [0.05, 0.1) is 6.54 Å². The molecule has 2 heterocycles. The summed E-state index contributed by atoms with van der Waals surface area (Å²) in [6.45, 7) is 1.98. The maximum atomic E-state index is 4.33. The van der Waals surface area contributed by atoms with Crippen LogP contribution in [0.2, 0.25) is 0 Å². The standard InChI is InChI=1S/C9H12N2S2/c1(8-2-5-12-7-8)3-10-9-11-4-6-13-9/h2,5,7H,1,3-4,6H2,(H,10,11). The van der Waals surface area contributed by atoms with Gasteiger partial charge in [-0.2, -0.15) is 11.3 Å². The molecule has 0 fully saturated rings. The number of hydrogen-bond donors (Lipinski definition) is 1. The van der Waals surface area contributed by atoms with Crippen molar-refractivity contribution in [3.05, 3.63) is 22.4 Å². The van der Waals surface area contributed by atoms with Crippen LogP contribution in [-0.4, -0.2) is 24.0 Å². The van der Waals surface area contributed by atoms with E-state index < -0.39 is 0 Å². The largest absolute Gasteiger partial charge is 0.365 e. The Morgan fingerprint density at radius 1 is 1.54 bits per heavy atom. The van der Waals surface area contributed by atoms with Gasteiger partial charge in [-0.05, 0) is 28.8 Å². The average molecular weight is 212 g/mol. The van der Waals surface area contributed by atoms with Gasteiger partial charge in [0.1, 0.15) is 0 Å². The molecule has 13 heavy (non-hydrogen) atoms. The third-order valence-electron chi connectivity index (χ3n) is 1.86. The molecule has 1 aromatic rings. The van der Waals surface area contributed by atoms with E-state index >= 15 is 0 Å². The van der Waals surface area contributed by atoms with Crippen molar-refractivity contribution >= 4 is 28.3 Å². The van der Waals surface area contributed by atoms with E-state index in [2.05, 4.69) is 27.1 Å². The zero-order valence-corrected chi connectivity index (χ0v) is 8.96. The number of aliphatic imine (C=N–C) groups is 1. The summed E-state index contributed by atoms with van der Waals surface area (Å²) in [5.41, 5.74) is 1.42. The lowest BCUT2D eigenvalue weighted by atomic mass is 10.2. The highest BCUT2D eigenvalue weighted by Gasteiger charge is 2.04. The van der Waals surface area contributed by atoms with Gasteiger partial charge in [-0.1, -0.05) is 11.8 Å². The van der Waals surface area contributed by atoms with Crippen LogP contribution in [0.25, 0.3) is 0 Å². The van der Waals surface area contributed by atoms with Gasteiger partial charge in [0, 0.05) is 12.3 Å². The van der Waals surface area contributed by atoms with E-state index in [0.717, 1.165) is 30.4 Å². The van der Waals surface area contributed by atoms with E-state index in [1.165, 1.54) is 5.56 Å². The zero-order chi connectivity index (χ0) is 8.93. The van der Waals surface area contributed by atoms with Crippen LogP contribution in [0.1, 0.15) is 5.56 Å². The Morgan fingerprint density at radius 2 is 2.54 bits per heavy atom. The molecule has 70 valence electrons. The van der Waals surface area contributed by atoms with E-state index in [9.17, 15) is 0 Å². The maximum Gasteiger partial charge on any atom is 0.156 e. The lowest BCUT2D eigenvalue weighted by molar-refractivity contribution is 0.875. The second kappa shape index (κ2) is 4.67. The topological polar surface area (TPSA) is 24.4 Å². The maximum absolute atomic E-state index is 4.33. The molecule has 4 heteroatoms. The third kappa shape index (κ3) is 2.74. The first kappa shape index (κ1) is 9.09. The fourth-order valence-corrected chi connectivity index (χ4v) is 2.66. The third-order valence-corrected chi connectivity index (χ3v) is 3.52. The Labute approximate surface area is 86.5 Å². The number of nitrogens with one attached hydrogen (secondary N) is 1. The van der Waals surface area contributed by atoms with E-state index in [0.29, 0.717) is 0 Å². The van der Waals surface area contributed by atoms with E-state index in [1.54, 1.807) is 11.3 Å². The summed E-state index contributed by atoms with van der Waals surface area (Å²) >= 11 is 3.58. The smallest absolute Gasteiger partial charge is 0.156 e. The average Bonchev–Trinajstić information content (AvgIpc) is 2.75. The summed E-state index contributed by atoms with van der Waals surface area (Å²) in [7, 11) is 0. The minimum absolute atomic E-state index is 0.978. The van der Waals surface area contributed by atoms with Gasteiger partial charge < -0.3 is 5.32 Å². The molecule has 0 aliphatic carbocycles. The normalized spacial score (nSPS) is 15.8. The molecule has 0 spiro atoms. The summed E-state index contributed by atoms with van der Waals surface area (Å²) in [5.74, 6) is 1.14. The lowest BCUT2D eigenvalue weighted by Gasteiger charge is -2.02. The van der Waals surface area contributed by atoms with Gasteiger partial charge in [0.15, 0.2) is 5.17 Å². The molecule has 1 N–H and O–H groups in total. The van der Waals surface area contributed by atoms with Crippen molar-refractivity contribution in [2.24, 2.45) is 4.99 Å². The summed E-state index contributed by atoms with van der Waals surface area (Å²) < 4.78 is 0. The predicted octanol–water partition coefficient (Wildman–Crippen LogP) is 1.98. The molecular formula is C9H12N2S2. The highest BCUT2D eigenvalue weighted by Crippen LogP contribution is 2.09. The highest BCUT2D eigenvalue weighted by atomic mass is 32.2. The van der Waals surface area contributed by atoms with Crippen LogP contribution >= 0.6 is 23.1 Å². The van der Waals surface area contributed by atoms with Crippen LogP contribution in [0, 0.1) is 0 Å². The molecule has 1 aromatic heterocycles. The molecule has 0 bridgehead atoms. The summed E-state index contributed by atoms with van der Waals surface area (Å²) in [6, 6.07) is 2.18. The Kier molecular flexibility index (Phi) is 3.27. The fourth-order valence-electron chi connectivity index (χ4n) is 1.19. The first-order chi connectivity index (χ1) is 6.45. The van der Waals surface area contributed by atoms with Gasteiger partial charge in [-0.3, -0.25) is 4.99 Å². The molecule has 2 rings (SSSR count). The number of amidine groups is 1. The van der Waals surface area contributed by atoms with Gasteiger partial charge in [0.2, 0.25) is 0 Å². The van der Waals surface area contributed by atoms with Crippen LogP contribution < -0.4 is 5.32 Å². The Hall–Kier alpha value is -0.480. The first-order valence-electron chi connectivity index (χ1n) is 4.37. The van der Waals surface area contributed by atoms with Gasteiger partial charge in [-0.15, -0.1) is 0 Å². The molecule has 0 saturated carbocycles. The van der Waals surface area contributed by atoms with E-state index in [4.69, 9.17) is 0 Å². The number of thiophene rings is 1. The monoisotopic (exact) mass is 212 g/mol. The Bertz CT molecular complexity index is 280. The zero-order valence-electron chi connectivity index (χ0n) is 7.32. The molecule has 1 aliphatic heterocycles. The molecule has 0 atom stereocenters. The fraction of sp³-hybridized carbons (Fsp3) is 0.444. The van der Waals surface area contributed by atoms with Crippen LogP contribution in [0.5, 0.6) is 0 Å². The second-order valence-corrected chi connectivity index (χ2v) is 4.71. The number of nitrogens with zero attached hydrogens (tertiary/aromatic N) is 1. The van der Waals surface area contributed by atoms with Gasteiger partial charge in [0.25, 0.3) is 0 Å². The van der Waals surface area contributed by atoms with Crippen LogP contribution in [0.15, 0.2) is 21.8 Å². The van der Waals surface area contributed by atoms with Gasteiger partial charge >= 0.3 is 0 Å². The SMILES string of the molecule is c1cc(CCNC2=NCCS2)cs1. The second-order valence-electron chi connectivity index (χ2n) is 2.84. The lowest BCUT2D eigenvalue weighted by Crippen LogP contribution is -2.21. The van der Waals surface area contributed by atoms with Crippen LogP contribution in [0.3, 0.4) is 0 Å². The molecule has 1 aliphatic rings. The Balaban J connectivity index is 1.69. The first-order valence-corrected chi connectivity index (χ1v) is 6.30. The van der Waals surface area contributed by atoms with Crippen molar-refractivity contribution < 1.29 is 0 Å². The molecule has 0 aromatic carbocycles. The molecule has 0 radical (unpaired) electrons. The molecular weight excluding hydrogens is 200 g/mol. The number of hydrogen-bond acceptors (Lipinski definition) is 4. The van der Waals surface area contributed by atoms with Crippen molar-refractivity contribution in [3.8, 4) is 0 Å². The summed E-state index contributed by atoms with van der Waals surface area (Å²) in [6.07, 6.45) is 1.10. The van der Waals surface area contributed by atoms with Crippen molar-refractivity contribution in [1.82, 2.24) is 5.32 Å². The molecule has 0 unspecified atom stereocenters. The molecule has 0 saturated heterocycles. The molecule has 2 nitrogen and oxygen atoms in total. The van der Waals surface area contributed by atoms with E-state index in [-0.39, 0.29) is 0 Å². The van der Waals surface area contributed by atoms with Crippen molar-refractivity contribution in [3.63, 3.8) is 0 Å². The van der Waals surface area contributed by atoms with Gasteiger partial charge in [-0.25, -0.2) is 0 Å². The molecule has 0 amide bonds. The van der Waals surface area contributed by atoms with Crippen molar-refractivity contribution in [2.45, 2.75) is 6.42 Å². The minimum Gasteiger partial charge on any atom is -0.365 e. The van der Waals surface area contributed by atoms with Crippen LogP contribution in [-0.2, 0) is 6.42 Å². The number of thioether (sulfide) groups is 1. The summed E-state index contributed by atoms with van der Waals surface area (Å²) in [4.78, 5) is 4.33. The van der Waals surface area contributed by atoms with Crippen LogP contribution in [0.4, 0.5) is 0 Å². The van der Waals surface area contributed by atoms with Crippen molar-refractivity contribution in [1.29, 1.82) is 0 Å². The van der Waals surface area contributed by atoms with E-state index in [1.807, 2.05) is 11.8 Å². The quantitative estimate of drug-likeness (QED) is 0.828. The Morgan fingerprint density at radius 3 is 3.23 bits per heavy atom.